The molecule has 0 N–H and O–H groups in total. The van der Waals surface area contributed by atoms with Crippen molar-refractivity contribution in [1.82, 2.24) is 14.5 Å². The molecule has 30 heavy (non-hydrogen) atoms. The van der Waals surface area contributed by atoms with Crippen molar-refractivity contribution in [2.45, 2.75) is 32.7 Å². The molecule has 1 aliphatic heterocycles. The van der Waals surface area contributed by atoms with Crippen molar-refractivity contribution in [3.8, 4) is 17.5 Å². The molecule has 1 aromatic heterocycles. The maximum absolute atomic E-state index is 12.7. The lowest BCUT2D eigenvalue weighted by atomic mass is 9.93. The molecule has 1 saturated heterocycles. The van der Waals surface area contributed by atoms with Gasteiger partial charge in [0.15, 0.2) is 0 Å². The van der Waals surface area contributed by atoms with E-state index in [1.54, 1.807) is 24.3 Å². The molecule has 152 valence electrons. The van der Waals surface area contributed by atoms with Crippen molar-refractivity contribution >= 4 is 5.91 Å². The van der Waals surface area contributed by atoms with Gasteiger partial charge < -0.3 is 9.47 Å². The summed E-state index contributed by atoms with van der Waals surface area (Å²) in [6.07, 6.45) is 5.09. The number of hydrogen-bond acceptors (Lipinski definition) is 3. The van der Waals surface area contributed by atoms with Crippen LogP contribution in [-0.2, 0) is 6.54 Å². The van der Waals surface area contributed by atoms with Crippen LogP contribution in [0, 0.1) is 24.2 Å². The summed E-state index contributed by atoms with van der Waals surface area (Å²) in [5.41, 5.74) is 3.57. The van der Waals surface area contributed by atoms with Gasteiger partial charge in [-0.15, -0.1) is 0 Å². The van der Waals surface area contributed by atoms with E-state index < -0.39 is 0 Å². The molecule has 5 heteroatoms. The van der Waals surface area contributed by atoms with Crippen LogP contribution in [0.4, 0.5) is 0 Å². The lowest BCUT2D eigenvalue weighted by Crippen LogP contribution is -2.38. The number of likely N-dealkylation sites (tertiary alicyclic amines) is 1. The minimum absolute atomic E-state index is 0.0646. The van der Waals surface area contributed by atoms with Gasteiger partial charge in [-0.25, -0.2) is 4.98 Å². The third-order valence-electron chi connectivity index (χ3n) is 6.01. The zero-order chi connectivity index (χ0) is 20.9. The monoisotopic (exact) mass is 398 g/mol. The maximum Gasteiger partial charge on any atom is 0.253 e. The van der Waals surface area contributed by atoms with Crippen LogP contribution in [-0.4, -0.2) is 33.4 Å². The Morgan fingerprint density at radius 3 is 2.47 bits per heavy atom. The fraction of sp³-hybridized carbons (Fsp3) is 0.320. The Kier molecular flexibility index (Phi) is 5.94. The average Bonchev–Trinajstić information content (AvgIpc) is 3.18. The van der Waals surface area contributed by atoms with E-state index in [1.165, 1.54) is 5.69 Å². The molecule has 0 spiro atoms. The highest BCUT2D eigenvalue weighted by atomic mass is 16.2. The number of benzene rings is 2. The van der Waals surface area contributed by atoms with Crippen molar-refractivity contribution in [1.29, 1.82) is 5.26 Å². The molecule has 0 saturated carbocycles. The van der Waals surface area contributed by atoms with Crippen LogP contribution in [0.1, 0.15) is 40.9 Å². The molecule has 5 nitrogen and oxygen atoms in total. The number of nitriles is 1. The molecule has 2 heterocycles. The number of carbonyl (C=O) groups excluding carboxylic acids is 1. The second kappa shape index (κ2) is 8.96. The van der Waals surface area contributed by atoms with Crippen molar-refractivity contribution in [3.05, 3.63) is 77.6 Å². The number of hydrogen-bond donors (Lipinski definition) is 0. The van der Waals surface area contributed by atoms with Crippen LogP contribution in [0.2, 0.25) is 0 Å². The second-order valence-corrected chi connectivity index (χ2v) is 7.95. The zero-order valence-corrected chi connectivity index (χ0v) is 17.3. The lowest BCUT2D eigenvalue weighted by Gasteiger charge is -2.32. The van der Waals surface area contributed by atoms with Crippen LogP contribution in [0.15, 0.2) is 60.8 Å². The van der Waals surface area contributed by atoms with Crippen LogP contribution in [0.5, 0.6) is 0 Å². The quantitative estimate of drug-likeness (QED) is 0.627. The summed E-state index contributed by atoms with van der Waals surface area (Å²) in [6.45, 7) is 4.64. The predicted octanol–water partition coefficient (Wildman–Crippen LogP) is 4.67. The summed E-state index contributed by atoms with van der Waals surface area (Å²) in [5.74, 6) is 1.71. The summed E-state index contributed by atoms with van der Waals surface area (Å²) in [7, 11) is 0. The van der Waals surface area contributed by atoms with E-state index in [-0.39, 0.29) is 5.91 Å². The Hall–Kier alpha value is -3.39. The molecule has 0 radical (unpaired) electrons. The fourth-order valence-corrected chi connectivity index (χ4v) is 4.17. The third kappa shape index (κ3) is 4.28. The summed E-state index contributed by atoms with van der Waals surface area (Å²) in [5, 5.41) is 8.91. The number of nitrogens with zero attached hydrogens (tertiary/aromatic N) is 4. The number of carbonyl (C=O) groups is 1. The maximum atomic E-state index is 12.7. The first kappa shape index (κ1) is 19.9. The Labute approximate surface area is 177 Å². The molecular formula is C25H26N4O. The molecule has 3 aromatic rings. The van der Waals surface area contributed by atoms with E-state index in [9.17, 15) is 4.79 Å². The summed E-state index contributed by atoms with van der Waals surface area (Å²) >= 11 is 0. The van der Waals surface area contributed by atoms with E-state index in [2.05, 4.69) is 34.7 Å². The van der Waals surface area contributed by atoms with Gasteiger partial charge in [0.25, 0.3) is 5.91 Å². The fourth-order valence-electron chi connectivity index (χ4n) is 4.17. The van der Waals surface area contributed by atoms with Crippen molar-refractivity contribution in [3.63, 3.8) is 0 Å². The lowest BCUT2D eigenvalue weighted by molar-refractivity contribution is 0.0685. The number of piperidine rings is 1. The van der Waals surface area contributed by atoms with Gasteiger partial charge in [0.05, 0.1) is 11.6 Å². The van der Waals surface area contributed by atoms with E-state index in [0.29, 0.717) is 17.0 Å². The molecular weight excluding hydrogens is 372 g/mol. The van der Waals surface area contributed by atoms with Crippen molar-refractivity contribution < 1.29 is 4.79 Å². The minimum Gasteiger partial charge on any atom is -0.339 e. The topological polar surface area (TPSA) is 61.9 Å². The first-order valence-electron chi connectivity index (χ1n) is 10.5. The van der Waals surface area contributed by atoms with Gasteiger partial charge in [0.2, 0.25) is 0 Å². The standard InChI is InChI=1S/C25H26N4O/c1-19-18-27-24(22-5-3-2-4-6-22)29(19)16-13-20-11-14-28(15-12-20)25(30)23-9-7-21(17-26)8-10-23/h2-10,18,20H,11-16H2,1H3. The highest BCUT2D eigenvalue weighted by Gasteiger charge is 2.24. The summed E-state index contributed by atoms with van der Waals surface area (Å²) in [4.78, 5) is 19.3. The molecule has 2 aromatic carbocycles. The van der Waals surface area contributed by atoms with Gasteiger partial charge in [-0.3, -0.25) is 4.79 Å². The SMILES string of the molecule is Cc1cnc(-c2ccccc2)n1CCC1CCN(C(=O)c2ccc(C#N)cc2)CC1. The number of aryl methyl sites for hydroxylation is 1. The van der Waals surface area contributed by atoms with Crippen LogP contribution in [0.25, 0.3) is 11.4 Å². The second-order valence-electron chi connectivity index (χ2n) is 7.95. The minimum atomic E-state index is 0.0646. The van der Waals surface area contributed by atoms with Gasteiger partial charge >= 0.3 is 0 Å². The first-order chi connectivity index (χ1) is 14.7. The normalized spacial score (nSPS) is 14.5. The molecule has 1 fully saturated rings. The number of rotatable bonds is 5. The molecule has 4 rings (SSSR count). The Morgan fingerprint density at radius 2 is 1.80 bits per heavy atom. The van der Waals surface area contributed by atoms with E-state index >= 15 is 0 Å². The molecule has 0 atom stereocenters. The largest absolute Gasteiger partial charge is 0.339 e. The summed E-state index contributed by atoms with van der Waals surface area (Å²) < 4.78 is 2.31. The van der Waals surface area contributed by atoms with Crippen LogP contribution in [0.3, 0.4) is 0 Å². The molecule has 0 bridgehead atoms. The van der Waals surface area contributed by atoms with E-state index in [1.807, 2.05) is 29.3 Å². The highest BCUT2D eigenvalue weighted by molar-refractivity contribution is 5.94. The molecule has 1 amide bonds. The predicted molar refractivity (Wildman–Crippen MR) is 117 cm³/mol. The van der Waals surface area contributed by atoms with Gasteiger partial charge in [-0.2, -0.15) is 5.26 Å². The van der Waals surface area contributed by atoms with Gasteiger partial charge in [-0.1, -0.05) is 30.3 Å². The molecule has 1 aliphatic rings. The van der Waals surface area contributed by atoms with Gasteiger partial charge in [0, 0.05) is 42.7 Å². The zero-order valence-electron chi connectivity index (χ0n) is 17.3. The summed E-state index contributed by atoms with van der Waals surface area (Å²) in [6, 6.07) is 19.3. The van der Waals surface area contributed by atoms with Crippen molar-refractivity contribution in [2.75, 3.05) is 13.1 Å². The first-order valence-corrected chi connectivity index (χ1v) is 10.5. The number of aromatic nitrogens is 2. The Balaban J connectivity index is 1.33. The number of amides is 1. The molecule has 0 aliphatic carbocycles. The Bertz CT molecular complexity index is 1040. The van der Waals surface area contributed by atoms with E-state index in [4.69, 9.17) is 5.26 Å². The van der Waals surface area contributed by atoms with Gasteiger partial charge in [0.1, 0.15) is 5.82 Å². The molecule has 0 unspecified atom stereocenters. The van der Waals surface area contributed by atoms with Crippen LogP contribution < -0.4 is 0 Å². The highest BCUT2D eigenvalue weighted by Crippen LogP contribution is 2.25. The van der Waals surface area contributed by atoms with E-state index in [0.717, 1.165) is 50.3 Å². The number of imidazole rings is 1. The van der Waals surface area contributed by atoms with Crippen LogP contribution >= 0.6 is 0 Å². The Morgan fingerprint density at radius 1 is 1.10 bits per heavy atom. The van der Waals surface area contributed by atoms with Crippen molar-refractivity contribution in [2.24, 2.45) is 5.92 Å². The smallest absolute Gasteiger partial charge is 0.253 e. The average molecular weight is 399 g/mol. The third-order valence-corrected chi connectivity index (χ3v) is 6.01. The van der Waals surface area contributed by atoms with Gasteiger partial charge in [-0.05, 0) is 56.4 Å².